The second-order valence-electron chi connectivity index (χ2n) is 8.68. The molecule has 4 aromatic rings. The molecule has 0 bridgehead atoms. The Balaban J connectivity index is 1.29. The van der Waals surface area contributed by atoms with E-state index < -0.39 is 17.2 Å². The number of aryl methyl sites for hydroxylation is 2. The molecule has 4 N–H and O–H groups in total. The molecule has 10 nitrogen and oxygen atoms in total. The summed E-state index contributed by atoms with van der Waals surface area (Å²) in [7, 11) is 1.48. The molecule has 0 unspecified atom stereocenters. The fraction of sp³-hybridized carbons (Fsp3) is 0.192. The largest absolute Gasteiger partial charge is 0.329 e. The number of rotatable bonds is 4. The van der Waals surface area contributed by atoms with Crippen LogP contribution in [0.4, 0.5) is 21.9 Å². The summed E-state index contributed by atoms with van der Waals surface area (Å²) in [5, 5.41) is 8.60. The van der Waals surface area contributed by atoms with Gasteiger partial charge >= 0.3 is 11.7 Å². The number of aromatic amines is 1. The van der Waals surface area contributed by atoms with Gasteiger partial charge < -0.3 is 16.0 Å². The molecule has 2 aromatic carbocycles. The van der Waals surface area contributed by atoms with Crippen molar-refractivity contribution in [3.63, 3.8) is 0 Å². The highest BCUT2D eigenvalue weighted by molar-refractivity contribution is 6.06. The average molecular weight is 485 g/mol. The first-order valence-electron chi connectivity index (χ1n) is 11.6. The standard InChI is InChI=1S/C26H24N6O4/c1-32-22-20(24(34)31-26(32)36)12-16(14-27-22)23(33)28-17-8-5-9-18(13-17)29-25(35)30-21-11-4-7-15-6-2-3-10-19(15)21/h4-5,7-9,11-14H,2-3,6,10H2,1H3,(H,28,33)(H2,29,30,35)(H,31,34,36). The fourth-order valence-electron chi connectivity index (χ4n) is 4.42. The molecule has 1 aliphatic carbocycles. The minimum absolute atomic E-state index is 0.125. The Bertz CT molecular complexity index is 1620. The second-order valence-corrected chi connectivity index (χ2v) is 8.68. The van der Waals surface area contributed by atoms with Crippen molar-refractivity contribution in [1.82, 2.24) is 14.5 Å². The number of fused-ring (bicyclic) bond motifs is 2. The number of urea groups is 1. The van der Waals surface area contributed by atoms with Crippen LogP contribution in [0.2, 0.25) is 0 Å². The summed E-state index contributed by atoms with van der Waals surface area (Å²) < 4.78 is 1.20. The quantitative estimate of drug-likeness (QED) is 0.352. The van der Waals surface area contributed by atoms with Crippen molar-refractivity contribution in [1.29, 1.82) is 0 Å². The Morgan fingerprint density at radius 2 is 1.69 bits per heavy atom. The molecule has 0 radical (unpaired) electrons. The topological polar surface area (TPSA) is 138 Å². The maximum atomic E-state index is 12.8. The van der Waals surface area contributed by atoms with E-state index in [1.807, 2.05) is 12.1 Å². The highest BCUT2D eigenvalue weighted by atomic mass is 16.2. The van der Waals surface area contributed by atoms with Crippen molar-refractivity contribution in [2.24, 2.45) is 7.05 Å². The Labute approximate surface area is 205 Å². The summed E-state index contributed by atoms with van der Waals surface area (Å²) in [5.41, 5.74) is 3.34. The van der Waals surface area contributed by atoms with Gasteiger partial charge in [0.05, 0.1) is 10.9 Å². The predicted octanol–water partition coefficient (Wildman–Crippen LogP) is 3.40. The van der Waals surface area contributed by atoms with Gasteiger partial charge in [0.25, 0.3) is 11.5 Å². The molecule has 0 fully saturated rings. The molecule has 10 heteroatoms. The molecule has 182 valence electrons. The Morgan fingerprint density at radius 1 is 0.944 bits per heavy atom. The van der Waals surface area contributed by atoms with Gasteiger partial charge in [0.1, 0.15) is 5.65 Å². The highest BCUT2D eigenvalue weighted by Crippen LogP contribution is 2.28. The van der Waals surface area contributed by atoms with Gasteiger partial charge in [-0.25, -0.2) is 14.6 Å². The highest BCUT2D eigenvalue weighted by Gasteiger charge is 2.15. The molecular weight excluding hydrogens is 460 g/mol. The third kappa shape index (κ3) is 4.61. The lowest BCUT2D eigenvalue weighted by molar-refractivity contribution is 0.102. The lowest BCUT2D eigenvalue weighted by atomic mass is 9.90. The average Bonchev–Trinajstić information content (AvgIpc) is 2.87. The molecule has 0 atom stereocenters. The summed E-state index contributed by atoms with van der Waals surface area (Å²) in [6, 6.07) is 13.7. The van der Waals surface area contributed by atoms with Crippen molar-refractivity contribution in [3.05, 3.63) is 92.3 Å². The number of carbonyl (C=O) groups excluding carboxylic acids is 2. The molecule has 2 aromatic heterocycles. The Kier molecular flexibility index (Phi) is 6.07. The number of amides is 3. The predicted molar refractivity (Wildman–Crippen MR) is 138 cm³/mol. The number of anilines is 3. The first-order valence-corrected chi connectivity index (χ1v) is 11.6. The SMILES string of the molecule is Cn1c(=O)[nH]c(=O)c2cc(C(=O)Nc3cccc(NC(=O)Nc4cccc5c4CCCC5)c3)cnc21. The summed E-state index contributed by atoms with van der Waals surface area (Å²) in [5.74, 6) is -0.491. The molecule has 0 saturated heterocycles. The van der Waals surface area contributed by atoms with Crippen molar-refractivity contribution >= 4 is 40.0 Å². The minimum Gasteiger partial charge on any atom is -0.322 e. The van der Waals surface area contributed by atoms with E-state index in [2.05, 4.69) is 32.0 Å². The summed E-state index contributed by atoms with van der Waals surface area (Å²) in [6.45, 7) is 0. The van der Waals surface area contributed by atoms with E-state index in [0.717, 1.165) is 31.4 Å². The van der Waals surface area contributed by atoms with E-state index in [-0.39, 0.29) is 22.6 Å². The molecule has 5 rings (SSSR count). The molecule has 2 heterocycles. The maximum Gasteiger partial charge on any atom is 0.329 e. The van der Waals surface area contributed by atoms with Crippen molar-refractivity contribution < 1.29 is 9.59 Å². The summed E-state index contributed by atoms with van der Waals surface area (Å²) in [4.78, 5) is 55.7. The molecule has 0 saturated carbocycles. The van der Waals surface area contributed by atoms with Gasteiger partial charge in [0.2, 0.25) is 0 Å². The van der Waals surface area contributed by atoms with E-state index in [1.54, 1.807) is 24.3 Å². The Hall–Kier alpha value is -4.73. The second kappa shape index (κ2) is 9.49. The van der Waals surface area contributed by atoms with Crippen LogP contribution < -0.4 is 27.2 Å². The van der Waals surface area contributed by atoms with Crippen molar-refractivity contribution in [3.8, 4) is 0 Å². The van der Waals surface area contributed by atoms with Crippen LogP contribution >= 0.6 is 0 Å². The van der Waals surface area contributed by atoms with Gasteiger partial charge in [-0.3, -0.25) is 19.1 Å². The number of hydrogen-bond donors (Lipinski definition) is 4. The zero-order valence-corrected chi connectivity index (χ0v) is 19.6. The number of H-pyrrole nitrogens is 1. The minimum atomic E-state index is -0.618. The van der Waals surface area contributed by atoms with Crippen LogP contribution in [0.3, 0.4) is 0 Å². The van der Waals surface area contributed by atoms with E-state index >= 15 is 0 Å². The van der Waals surface area contributed by atoms with Gasteiger partial charge in [-0.15, -0.1) is 0 Å². The summed E-state index contributed by atoms with van der Waals surface area (Å²) >= 11 is 0. The molecule has 1 aliphatic rings. The van der Waals surface area contributed by atoms with Gasteiger partial charge in [-0.1, -0.05) is 18.2 Å². The monoisotopic (exact) mass is 484 g/mol. The van der Waals surface area contributed by atoms with Crippen LogP contribution in [0.5, 0.6) is 0 Å². The van der Waals surface area contributed by atoms with Crippen LogP contribution in [0.1, 0.15) is 34.3 Å². The molecular formula is C26H24N6O4. The van der Waals surface area contributed by atoms with E-state index in [1.165, 1.54) is 35.0 Å². The van der Waals surface area contributed by atoms with Crippen LogP contribution in [0.15, 0.2) is 64.3 Å². The lowest BCUT2D eigenvalue weighted by Crippen LogP contribution is -2.29. The van der Waals surface area contributed by atoms with Crippen LogP contribution in [-0.4, -0.2) is 26.5 Å². The van der Waals surface area contributed by atoms with Crippen molar-refractivity contribution in [2.45, 2.75) is 25.7 Å². The number of nitrogens with zero attached hydrogens (tertiary/aromatic N) is 2. The number of nitrogens with one attached hydrogen (secondary N) is 4. The third-order valence-corrected chi connectivity index (χ3v) is 6.24. The molecule has 3 amide bonds. The Morgan fingerprint density at radius 3 is 2.53 bits per heavy atom. The van der Waals surface area contributed by atoms with Crippen molar-refractivity contribution in [2.75, 3.05) is 16.0 Å². The number of hydrogen-bond acceptors (Lipinski definition) is 5. The van der Waals surface area contributed by atoms with Gasteiger partial charge in [-0.05, 0) is 67.1 Å². The number of aromatic nitrogens is 3. The third-order valence-electron chi connectivity index (χ3n) is 6.24. The first kappa shape index (κ1) is 23.0. The number of benzene rings is 2. The number of pyridine rings is 1. The van der Waals surface area contributed by atoms with Crippen LogP contribution in [0.25, 0.3) is 11.0 Å². The molecule has 0 aliphatic heterocycles. The zero-order valence-electron chi connectivity index (χ0n) is 19.6. The van der Waals surface area contributed by atoms with E-state index in [9.17, 15) is 19.2 Å². The number of carbonyl (C=O) groups is 2. The van der Waals surface area contributed by atoms with Gasteiger partial charge in [0.15, 0.2) is 0 Å². The zero-order chi connectivity index (χ0) is 25.2. The fourth-order valence-corrected chi connectivity index (χ4v) is 4.42. The van der Waals surface area contributed by atoms with Gasteiger partial charge in [0, 0.05) is 30.3 Å². The van der Waals surface area contributed by atoms with Gasteiger partial charge in [-0.2, -0.15) is 0 Å². The smallest absolute Gasteiger partial charge is 0.322 e. The van der Waals surface area contributed by atoms with Crippen LogP contribution in [0, 0.1) is 0 Å². The maximum absolute atomic E-state index is 12.8. The van der Waals surface area contributed by atoms with E-state index in [0.29, 0.717) is 11.4 Å². The molecule has 36 heavy (non-hydrogen) atoms. The lowest BCUT2D eigenvalue weighted by Gasteiger charge is -2.19. The first-order chi connectivity index (χ1) is 17.4. The van der Waals surface area contributed by atoms with Crippen LogP contribution in [-0.2, 0) is 19.9 Å². The normalized spacial score (nSPS) is 12.6. The molecule has 0 spiro atoms. The van der Waals surface area contributed by atoms with E-state index in [4.69, 9.17) is 0 Å². The summed E-state index contributed by atoms with van der Waals surface area (Å²) in [6.07, 6.45) is 5.53.